The van der Waals surface area contributed by atoms with E-state index in [1.54, 1.807) is 6.20 Å². The van der Waals surface area contributed by atoms with Crippen LogP contribution in [0.3, 0.4) is 0 Å². The summed E-state index contributed by atoms with van der Waals surface area (Å²) in [6.45, 7) is 8.40. The summed E-state index contributed by atoms with van der Waals surface area (Å²) < 4.78 is 11.6. The zero-order chi connectivity index (χ0) is 12.3. The van der Waals surface area contributed by atoms with E-state index >= 15 is 0 Å². The molecule has 2 heterocycles. The Labute approximate surface area is 102 Å². The van der Waals surface area contributed by atoms with Crippen molar-refractivity contribution < 1.29 is 9.47 Å². The second kappa shape index (κ2) is 5.02. The fourth-order valence-electron chi connectivity index (χ4n) is 1.96. The smallest absolute Gasteiger partial charge is 0.216 e. The monoisotopic (exact) mass is 236 g/mol. The van der Waals surface area contributed by atoms with Crippen molar-refractivity contribution in [2.75, 3.05) is 19.7 Å². The van der Waals surface area contributed by atoms with Crippen molar-refractivity contribution in [3.63, 3.8) is 0 Å². The lowest BCUT2D eigenvalue weighted by molar-refractivity contribution is -0.107. The minimum Gasteiger partial charge on any atom is -0.475 e. The Morgan fingerprint density at radius 3 is 3.12 bits per heavy atom. The highest BCUT2D eigenvalue weighted by atomic mass is 16.6. The maximum absolute atomic E-state index is 5.92. The second-order valence-electron chi connectivity index (χ2n) is 5.07. The van der Waals surface area contributed by atoms with Crippen LogP contribution in [-0.4, -0.2) is 36.4 Å². The van der Waals surface area contributed by atoms with Gasteiger partial charge in [0.1, 0.15) is 12.7 Å². The Bertz CT molecular complexity index is 379. The number of rotatable bonds is 3. The molecule has 1 aromatic heterocycles. The van der Waals surface area contributed by atoms with Crippen molar-refractivity contribution in [2.24, 2.45) is 0 Å². The zero-order valence-corrected chi connectivity index (χ0v) is 10.7. The largest absolute Gasteiger partial charge is 0.475 e. The molecule has 4 heteroatoms. The number of hydrogen-bond acceptors (Lipinski definition) is 4. The fourth-order valence-corrected chi connectivity index (χ4v) is 1.96. The number of morpholine rings is 1. The van der Waals surface area contributed by atoms with E-state index < -0.39 is 0 Å². The Hall–Kier alpha value is -1.13. The van der Waals surface area contributed by atoms with Crippen molar-refractivity contribution in [3.05, 3.63) is 23.9 Å². The zero-order valence-electron chi connectivity index (χ0n) is 10.7. The molecule has 0 saturated carbocycles. The summed E-state index contributed by atoms with van der Waals surface area (Å²) in [5, 5.41) is 3.35. The van der Waals surface area contributed by atoms with Crippen LogP contribution in [0.1, 0.15) is 19.4 Å². The first kappa shape index (κ1) is 12.3. The molecular formula is C13H20N2O2. The molecule has 4 nitrogen and oxygen atoms in total. The highest BCUT2D eigenvalue weighted by molar-refractivity contribution is 5.23. The molecule has 1 aliphatic rings. The van der Waals surface area contributed by atoms with Crippen LogP contribution in [0.15, 0.2) is 18.3 Å². The van der Waals surface area contributed by atoms with Gasteiger partial charge in [0.05, 0.1) is 5.60 Å². The average Bonchev–Trinajstić information content (AvgIpc) is 2.27. The average molecular weight is 236 g/mol. The van der Waals surface area contributed by atoms with Crippen molar-refractivity contribution in [3.8, 4) is 5.88 Å². The van der Waals surface area contributed by atoms with Crippen LogP contribution in [0.2, 0.25) is 0 Å². The van der Waals surface area contributed by atoms with E-state index in [9.17, 15) is 0 Å². The van der Waals surface area contributed by atoms with Gasteiger partial charge in [0.25, 0.3) is 0 Å². The van der Waals surface area contributed by atoms with Gasteiger partial charge in [-0.05, 0) is 26.8 Å². The Balaban J connectivity index is 1.88. The first-order chi connectivity index (χ1) is 8.07. The van der Waals surface area contributed by atoms with Gasteiger partial charge in [-0.15, -0.1) is 0 Å². The van der Waals surface area contributed by atoms with E-state index in [1.807, 2.05) is 19.1 Å². The Morgan fingerprint density at radius 1 is 1.59 bits per heavy atom. The normalized spacial score (nSPS) is 23.4. The summed E-state index contributed by atoms with van der Waals surface area (Å²) in [4.78, 5) is 4.20. The fraction of sp³-hybridized carbons (Fsp3) is 0.615. The van der Waals surface area contributed by atoms with Gasteiger partial charge in [0, 0.05) is 24.8 Å². The molecule has 1 aliphatic heterocycles. The minimum absolute atomic E-state index is 0.0835. The summed E-state index contributed by atoms with van der Waals surface area (Å²) in [7, 11) is 0. The minimum atomic E-state index is -0.120. The third-order valence-corrected chi connectivity index (χ3v) is 2.78. The number of hydrogen-bond donors (Lipinski definition) is 1. The number of aromatic nitrogens is 1. The van der Waals surface area contributed by atoms with Gasteiger partial charge in [-0.2, -0.15) is 0 Å². The lowest BCUT2D eigenvalue weighted by Gasteiger charge is -2.36. The SMILES string of the molecule is Cc1cccnc1OCC1CNCC(C)(C)O1. The van der Waals surface area contributed by atoms with Gasteiger partial charge in [-0.25, -0.2) is 4.98 Å². The molecule has 1 fully saturated rings. The third-order valence-electron chi connectivity index (χ3n) is 2.78. The molecule has 0 amide bonds. The van der Waals surface area contributed by atoms with Crippen molar-refractivity contribution in [1.29, 1.82) is 0 Å². The summed E-state index contributed by atoms with van der Waals surface area (Å²) in [5.74, 6) is 0.694. The van der Waals surface area contributed by atoms with Crippen molar-refractivity contribution in [1.82, 2.24) is 10.3 Å². The maximum Gasteiger partial charge on any atom is 0.216 e. The van der Waals surface area contributed by atoms with Crippen LogP contribution in [0, 0.1) is 6.92 Å². The van der Waals surface area contributed by atoms with Gasteiger partial charge in [-0.3, -0.25) is 0 Å². The molecule has 0 bridgehead atoms. The molecule has 0 spiro atoms. The second-order valence-corrected chi connectivity index (χ2v) is 5.07. The quantitative estimate of drug-likeness (QED) is 0.864. The molecular weight excluding hydrogens is 216 g/mol. The van der Waals surface area contributed by atoms with Crippen LogP contribution in [0.5, 0.6) is 5.88 Å². The molecule has 1 atom stereocenters. The van der Waals surface area contributed by atoms with Crippen LogP contribution >= 0.6 is 0 Å². The molecule has 2 rings (SSSR count). The van der Waals surface area contributed by atoms with Gasteiger partial charge in [0.2, 0.25) is 5.88 Å². The molecule has 1 aromatic rings. The van der Waals surface area contributed by atoms with E-state index in [4.69, 9.17) is 9.47 Å². The van der Waals surface area contributed by atoms with E-state index in [2.05, 4.69) is 24.1 Å². The van der Waals surface area contributed by atoms with Crippen LogP contribution in [0.25, 0.3) is 0 Å². The van der Waals surface area contributed by atoms with Crippen molar-refractivity contribution in [2.45, 2.75) is 32.5 Å². The predicted octanol–water partition coefficient (Wildman–Crippen LogP) is 1.54. The molecule has 0 radical (unpaired) electrons. The molecule has 0 aromatic carbocycles. The molecule has 1 unspecified atom stereocenters. The lowest BCUT2D eigenvalue weighted by atomic mass is 10.1. The molecule has 1 saturated heterocycles. The first-order valence-corrected chi connectivity index (χ1v) is 6.00. The lowest BCUT2D eigenvalue weighted by Crippen LogP contribution is -2.52. The van der Waals surface area contributed by atoms with Crippen molar-refractivity contribution >= 4 is 0 Å². The Morgan fingerprint density at radius 2 is 2.41 bits per heavy atom. The molecule has 94 valence electrons. The summed E-state index contributed by atoms with van der Waals surface area (Å²) in [5.41, 5.74) is 0.932. The van der Waals surface area contributed by atoms with Gasteiger partial charge < -0.3 is 14.8 Å². The Kier molecular flexibility index (Phi) is 3.64. The van der Waals surface area contributed by atoms with Gasteiger partial charge >= 0.3 is 0 Å². The van der Waals surface area contributed by atoms with Crippen LogP contribution < -0.4 is 10.1 Å². The molecule has 0 aliphatic carbocycles. The van der Waals surface area contributed by atoms with Gasteiger partial charge in [-0.1, -0.05) is 6.07 Å². The van der Waals surface area contributed by atoms with E-state index in [0.717, 1.165) is 18.7 Å². The highest BCUT2D eigenvalue weighted by Crippen LogP contribution is 2.17. The maximum atomic E-state index is 5.92. The molecule has 17 heavy (non-hydrogen) atoms. The summed E-state index contributed by atoms with van der Waals surface area (Å²) >= 11 is 0. The highest BCUT2D eigenvalue weighted by Gasteiger charge is 2.28. The topological polar surface area (TPSA) is 43.4 Å². The van der Waals surface area contributed by atoms with E-state index in [-0.39, 0.29) is 11.7 Å². The number of pyridine rings is 1. The van der Waals surface area contributed by atoms with Gasteiger partial charge in [0.15, 0.2) is 0 Å². The summed E-state index contributed by atoms with van der Waals surface area (Å²) in [6.07, 6.45) is 1.83. The third kappa shape index (κ3) is 3.41. The number of aryl methyl sites for hydroxylation is 1. The number of nitrogens with one attached hydrogen (secondary N) is 1. The number of ether oxygens (including phenoxy) is 2. The van der Waals surface area contributed by atoms with E-state index in [1.165, 1.54) is 0 Å². The number of nitrogens with zero attached hydrogens (tertiary/aromatic N) is 1. The van der Waals surface area contributed by atoms with Crippen LogP contribution in [0.4, 0.5) is 0 Å². The predicted molar refractivity (Wildman–Crippen MR) is 66.3 cm³/mol. The van der Waals surface area contributed by atoms with E-state index in [0.29, 0.717) is 12.5 Å². The van der Waals surface area contributed by atoms with Crippen LogP contribution in [-0.2, 0) is 4.74 Å². The standard InChI is InChI=1S/C13H20N2O2/c1-10-5-4-6-15-12(10)16-8-11-7-14-9-13(2,3)17-11/h4-6,11,14H,7-9H2,1-3H3. The molecule has 1 N–H and O–H groups in total. The summed E-state index contributed by atoms with van der Waals surface area (Å²) in [6, 6.07) is 3.90. The first-order valence-electron chi connectivity index (χ1n) is 6.00.